The molecule has 6 heteroatoms. The predicted octanol–water partition coefficient (Wildman–Crippen LogP) is 7.46. The first kappa shape index (κ1) is 30.0. The molecule has 4 saturated carbocycles. The zero-order chi connectivity index (χ0) is 29.7. The SMILES string of the molecule is [C-]#[N+]C1=C[C@]2(C)[C@H]3CC(=O)[C@@H]4[C@@H]5CC(C)(C)CC[C@]5(CCS(=O)(=O)CC)CC[C@@]4(C)[C@]3(C)CC[C@H]2C(C)(C)C1=O. The first-order valence-electron chi connectivity index (χ1n) is 15.7. The van der Waals surface area contributed by atoms with E-state index in [0.29, 0.717) is 18.6 Å². The Labute approximate surface area is 243 Å². The Morgan fingerprint density at radius 3 is 2.20 bits per heavy atom. The molecule has 5 rings (SSSR count). The third-order valence-corrected chi connectivity index (χ3v) is 15.7. The highest BCUT2D eigenvalue weighted by Crippen LogP contribution is 2.76. The zero-order valence-corrected chi connectivity index (χ0v) is 27.0. The molecule has 5 aliphatic carbocycles. The van der Waals surface area contributed by atoms with Gasteiger partial charge in [0.1, 0.15) is 15.6 Å². The molecule has 0 spiro atoms. The molecular formula is C34H51NO4S. The van der Waals surface area contributed by atoms with Crippen molar-refractivity contribution in [1.82, 2.24) is 0 Å². The lowest BCUT2D eigenvalue weighted by Crippen LogP contribution is -2.68. The highest BCUT2D eigenvalue weighted by molar-refractivity contribution is 7.91. The molecule has 0 N–H and O–H groups in total. The number of sulfone groups is 1. The Hall–Kier alpha value is -1.48. The van der Waals surface area contributed by atoms with Gasteiger partial charge in [-0.15, -0.1) is 0 Å². The molecule has 0 unspecified atom stereocenters. The molecular weight excluding hydrogens is 518 g/mol. The minimum atomic E-state index is -3.08. The Bertz CT molecular complexity index is 1300. The van der Waals surface area contributed by atoms with Crippen molar-refractivity contribution in [2.75, 3.05) is 11.5 Å². The number of nitrogens with zero attached hydrogens (tertiary/aromatic N) is 1. The predicted molar refractivity (Wildman–Crippen MR) is 159 cm³/mol. The van der Waals surface area contributed by atoms with Crippen LogP contribution in [0.15, 0.2) is 11.8 Å². The molecule has 40 heavy (non-hydrogen) atoms. The van der Waals surface area contributed by atoms with E-state index >= 15 is 0 Å². The zero-order valence-electron chi connectivity index (χ0n) is 26.2. The van der Waals surface area contributed by atoms with Crippen molar-refractivity contribution < 1.29 is 18.0 Å². The van der Waals surface area contributed by atoms with Crippen molar-refractivity contribution in [3.05, 3.63) is 23.2 Å². The van der Waals surface area contributed by atoms with Crippen LogP contribution in [0.25, 0.3) is 4.85 Å². The number of fused-ring (bicyclic) bond motifs is 7. The molecule has 0 aliphatic heterocycles. The van der Waals surface area contributed by atoms with Crippen LogP contribution in [-0.2, 0) is 19.4 Å². The van der Waals surface area contributed by atoms with E-state index in [1.54, 1.807) is 6.92 Å². The number of allylic oxidation sites excluding steroid dienone is 2. The number of rotatable bonds is 4. The normalized spacial score (nSPS) is 45.7. The summed E-state index contributed by atoms with van der Waals surface area (Å²) in [5.74, 6) is 1.05. The molecule has 5 nitrogen and oxygen atoms in total. The van der Waals surface area contributed by atoms with E-state index in [0.717, 1.165) is 44.9 Å². The lowest BCUT2D eigenvalue weighted by molar-refractivity contribution is -0.223. The molecule has 0 amide bonds. The van der Waals surface area contributed by atoms with Gasteiger partial charge in [0.25, 0.3) is 0 Å². The van der Waals surface area contributed by atoms with Crippen molar-refractivity contribution in [3.63, 3.8) is 0 Å². The second kappa shape index (κ2) is 9.01. The van der Waals surface area contributed by atoms with Gasteiger partial charge >= 0.3 is 0 Å². The minimum Gasteiger partial charge on any atom is -0.307 e. The average molecular weight is 570 g/mol. The Balaban J connectivity index is 1.60. The molecule has 5 aliphatic rings. The number of Topliss-reactive ketones (excluding diaryl/α,β-unsaturated/α-hetero) is 2. The highest BCUT2D eigenvalue weighted by atomic mass is 32.2. The summed E-state index contributed by atoms with van der Waals surface area (Å²) < 4.78 is 25.3. The van der Waals surface area contributed by atoms with Crippen molar-refractivity contribution in [2.45, 2.75) is 113 Å². The number of ketones is 2. The molecule has 8 atom stereocenters. The van der Waals surface area contributed by atoms with Crippen molar-refractivity contribution in [1.29, 1.82) is 0 Å². The molecule has 0 aromatic rings. The van der Waals surface area contributed by atoms with Crippen LogP contribution < -0.4 is 0 Å². The van der Waals surface area contributed by atoms with Crippen LogP contribution in [-0.4, -0.2) is 31.5 Å². The maximum absolute atomic E-state index is 14.6. The lowest BCUT2D eigenvalue weighted by Gasteiger charge is -2.72. The minimum absolute atomic E-state index is 0.0475. The maximum atomic E-state index is 14.6. The van der Waals surface area contributed by atoms with Gasteiger partial charge in [-0.2, -0.15) is 0 Å². The fourth-order valence-corrected chi connectivity index (χ4v) is 12.3. The van der Waals surface area contributed by atoms with Crippen molar-refractivity contribution >= 4 is 21.4 Å². The van der Waals surface area contributed by atoms with Gasteiger partial charge < -0.3 is 4.79 Å². The van der Waals surface area contributed by atoms with Gasteiger partial charge in [-0.3, -0.25) is 4.79 Å². The van der Waals surface area contributed by atoms with E-state index in [9.17, 15) is 18.0 Å². The summed E-state index contributed by atoms with van der Waals surface area (Å²) in [6, 6.07) is 0. The Morgan fingerprint density at radius 1 is 0.925 bits per heavy atom. The monoisotopic (exact) mass is 569 g/mol. The lowest BCUT2D eigenvalue weighted by atomic mass is 9.31. The second-order valence-electron chi connectivity index (χ2n) is 16.5. The summed E-state index contributed by atoms with van der Waals surface area (Å²) >= 11 is 0. The molecule has 0 aromatic carbocycles. The van der Waals surface area contributed by atoms with E-state index < -0.39 is 15.3 Å². The molecule has 222 valence electrons. The van der Waals surface area contributed by atoms with E-state index in [4.69, 9.17) is 6.57 Å². The topological polar surface area (TPSA) is 72.6 Å². The van der Waals surface area contributed by atoms with E-state index in [1.807, 2.05) is 19.9 Å². The summed E-state index contributed by atoms with van der Waals surface area (Å²) in [5, 5.41) is 0. The number of hydrogen-bond donors (Lipinski definition) is 0. The van der Waals surface area contributed by atoms with Crippen molar-refractivity contribution in [3.8, 4) is 0 Å². The Kier molecular flexibility index (Phi) is 6.76. The van der Waals surface area contributed by atoms with Crippen LogP contribution in [0, 0.1) is 62.7 Å². The van der Waals surface area contributed by atoms with E-state index in [2.05, 4.69) is 39.5 Å². The molecule has 4 fully saturated rings. The van der Waals surface area contributed by atoms with Crippen LogP contribution in [0.2, 0.25) is 0 Å². The number of carbonyl (C=O) groups excluding carboxylic acids is 2. The fourth-order valence-electron chi connectivity index (χ4n) is 11.3. The Morgan fingerprint density at radius 2 is 1.57 bits per heavy atom. The number of hydrogen-bond acceptors (Lipinski definition) is 4. The molecule has 0 radical (unpaired) electrons. The average Bonchev–Trinajstić information content (AvgIpc) is 2.87. The molecule has 0 bridgehead atoms. The third kappa shape index (κ3) is 3.99. The van der Waals surface area contributed by atoms with Gasteiger partial charge in [0.05, 0.1) is 12.3 Å². The smallest absolute Gasteiger partial charge is 0.226 e. The summed E-state index contributed by atoms with van der Waals surface area (Å²) in [7, 11) is -3.08. The van der Waals surface area contributed by atoms with Gasteiger partial charge in [0, 0.05) is 23.5 Å². The van der Waals surface area contributed by atoms with Gasteiger partial charge in [0.2, 0.25) is 5.70 Å². The van der Waals surface area contributed by atoms with Crippen molar-refractivity contribution in [2.24, 2.45) is 56.2 Å². The van der Waals surface area contributed by atoms with E-state index in [1.165, 1.54) is 0 Å². The largest absolute Gasteiger partial charge is 0.307 e. The molecule has 0 heterocycles. The summed E-state index contributed by atoms with van der Waals surface area (Å²) in [6.45, 7) is 25.3. The van der Waals surface area contributed by atoms with Gasteiger partial charge in [-0.25, -0.2) is 13.3 Å². The van der Waals surface area contributed by atoms with Crippen LogP contribution >= 0.6 is 0 Å². The highest BCUT2D eigenvalue weighted by Gasteiger charge is 2.71. The van der Waals surface area contributed by atoms with E-state index in [-0.39, 0.29) is 73.7 Å². The first-order chi connectivity index (χ1) is 18.3. The number of carbonyl (C=O) groups is 2. The second-order valence-corrected chi connectivity index (χ2v) is 19.0. The first-order valence-corrected chi connectivity index (χ1v) is 17.5. The van der Waals surface area contributed by atoms with Gasteiger partial charge in [-0.05, 0) is 96.2 Å². The standard InChI is InChI=1S/C34H51NO4S/c1-10-40(38,39)18-17-34-15-13-29(2,3)20-22(34)27-24(36)19-26-31(6)21-23(35-9)28(37)30(4,5)25(31)11-12-32(26,7)33(27,8)14-16-34/h21-22,25-27H,10-20H2,1-8H3/t22-,25-,26+,27-,31-,32+,33+,34+/m0/s1. The van der Waals surface area contributed by atoms with Crippen LogP contribution in [0.3, 0.4) is 0 Å². The molecule has 0 aromatic heterocycles. The summed E-state index contributed by atoms with van der Waals surface area (Å²) in [5.41, 5.74) is -0.989. The van der Waals surface area contributed by atoms with Crippen LogP contribution in [0.4, 0.5) is 0 Å². The van der Waals surface area contributed by atoms with Crippen LogP contribution in [0.5, 0.6) is 0 Å². The molecule has 0 saturated heterocycles. The quantitative estimate of drug-likeness (QED) is 0.329. The van der Waals surface area contributed by atoms with Crippen LogP contribution in [0.1, 0.15) is 113 Å². The fraction of sp³-hybridized carbons (Fsp3) is 0.853. The summed E-state index contributed by atoms with van der Waals surface area (Å²) in [6.07, 6.45) is 10.1. The summed E-state index contributed by atoms with van der Waals surface area (Å²) in [4.78, 5) is 31.6. The van der Waals surface area contributed by atoms with Gasteiger partial charge in [-0.1, -0.05) is 61.5 Å². The maximum Gasteiger partial charge on any atom is 0.226 e. The van der Waals surface area contributed by atoms with Gasteiger partial charge in [0.15, 0.2) is 5.78 Å². The third-order valence-electron chi connectivity index (χ3n) is 14.0.